The second-order valence-electron chi connectivity index (χ2n) is 2.20. The molecular formula is C7H9N2V-. The van der Waals surface area contributed by atoms with Crippen LogP contribution in [0.25, 0.3) is 0 Å². The quantitative estimate of drug-likeness (QED) is 0.598. The van der Waals surface area contributed by atoms with Crippen LogP contribution in [0.3, 0.4) is 0 Å². The van der Waals surface area contributed by atoms with Crippen molar-refractivity contribution in [1.82, 2.24) is 9.97 Å². The molecule has 1 aromatic rings. The Balaban J connectivity index is 0.000000810. The Bertz CT molecular complexity index is 174. The van der Waals surface area contributed by atoms with E-state index in [1.807, 2.05) is 0 Å². The van der Waals surface area contributed by atoms with Crippen molar-refractivity contribution < 1.29 is 18.6 Å². The largest absolute Gasteiger partial charge is 0.434 e. The van der Waals surface area contributed by atoms with Crippen LogP contribution in [0.5, 0.6) is 0 Å². The summed E-state index contributed by atoms with van der Waals surface area (Å²) in [6.45, 7) is 4.13. The summed E-state index contributed by atoms with van der Waals surface area (Å²) < 4.78 is 0. The van der Waals surface area contributed by atoms with Crippen LogP contribution < -0.4 is 0 Å². The number of aromatic nitrogens is 2. The molecule has 0 fully saturated rings. The predicted octanol–water partition coefficient (Wildman–Crippen LogP) is 1.40. The molecule has 10 heavy (non-hydrogen) atoms. The molecule has 2 nitrogen and oxygen atoms in total. The average molecular weight is 172 g/mol. The molecule has 0 amide bonds. The standard InChI is InChI=1S/C7H9N2.V/c1-6(2)7-8-4-3-5-9-7;/h4-6H,1-2H3;/q-1;. The number of rotatable bonds is 1. The summed E-state index contributed by atoms with van der Waals surface area (Å²) in [5.41, 5.74) is 0. The van der Waals surface area contributed by atoms with E-state index in [1.165, 1.54) is 0 Å². The fraction of sp³-hybridized carbons (Fsp3) is 0.429. The third-order valence-corrected chi connectivity index (χ3v) is 1.06. The van der Waals surface area contributed by atoms with Gasteiger partial charge in [-0.3, -0.25) is 9.97 Å². The monoisotopic (exact) mass is 172 g/mol. The summed E-state index contributed by atoms with van der Waals surface area (Å²) in [6.07, 6.45) is 3.28. The Kier molecular flexibility index (Phi) is 4.33. The minimum Gasteiger partial charge on any atom is -0.434 e. The second kappa shape index (κ2) is 4.48. The molecule has 0 saturated carbocycles. The molecule has 1 radical (unpaired) electrons. The van der Waals surface area contributed by atoms with Crippen molar-refractivity contribution >= 4 is 0 Å². The molecule has 0 bridgehead atoms. The molecule has 1 aromatic heterocycles. The van der Waals surface area contributed by atoms with Gasteiger partial charge < -0.3 is 6.07 Å². The molecule has 0 atom stereocenters. The first kappa shape index (κ1) is 9.66. The Labute approximate surface area is 73.0 Å². The van der Waals surface area contributed by atoms with E-state index < -0.39 is 0 Å². The topological polar surface area (TPSA) is 25.8 Å². The van der Waals surface area contributed by atoms with Crippen molar-refractivity contribution in [3.05, 3.63) is 24.3 Å². The van der Waals surface area contributed by atoms with Gasteiger partial charge in [0.05, 0.1) is 0 Å². The van der Waals surface area contributed by atoms with Gasteiger partial charge in [0.2, 0.25) is 0 Å². The van der Waals surface area contributed by atoms with Crippen molar-refractivity contribution in [2.75, 3.05) is 0 Å². The molecule has 1 heterocycles. The first-order valence-electron chi connectivity index (χ1n) is 2.98. The minimum atomic E-state index is 0. The maximum atomic E-state index is 4.01. The van der Waals surface area contributed by atoms with Crippen molar-refractivity contribution in [1.29, 1.82) is 0 Å². The van der Waals surface area contributed by atoms with Gasteiger partial charge in [0.15, 0.2) is 0 Å². The average Bonchev–Trinajstić information content (AvgIpc) is 1.90. The Morgan fingerprint density at radius 3 is 2.10 bits per heavy atom. The molecule has 0 aliphatic carbocycles. The summed E-state index contributed by atoms with van der Waals surface area (Å²) in [5, 5.41) is 0. The Morgan fingerprint density at radius 1 is 1.30 bits per heavy atom. The van der Waals surface area contributed by atoms with Crippen LogP contribution in [0, 0.1) is 6.07 Å². The molecular weight excluding hydrogens is 163 g/mol. The van der Waals surface area contributed by atoms with Gasteiger partial charge in [-0.1, -0.05) is 13.8 Å². The maximum Gasteiger partial charge on any atom is 0.124 e. The zero-order valence-corrected chi connectivity index (χ0v) is 7.47. The van der Waals surface area contributed by atoms with E-state index in [9.17, 15) is 0 Å². The van der Waals surface area contributed by atoms with Crippen LogP contribution in [0.1, 0.15) is 25.6 Å². The summed E-state index contributed by atoms with van der Waals surface area (Å²) in [7, 11) is 0. The Morgan fingerprint density at radius 2 is 1.80 bits per heavy atom. The van der Waals surface area contributed by atoms with Gasteiger partial charge in [0.25, 0.3) is 0 Å². The molecule has 0 unspecified atom stereocenters. The third kappa shape index (κ3) is 2.50. The molecule has 3 heteroatoms. The van der Waals surface area contributed by atoms with E-state index in [0.29, 0.717) is 5.92 Å². The summed E-state index contributed by atoms with van der Waals surface area (Å²) >= 11 is 0. The minimum absolute atomic E-state index is 0. The number of hydrogen-bond donors (Lipinski definition) is 0. The normalized spacial score (nSPS) is 9.10. The van der Waals surface area contributed by atoms with E-state index in [2.05, 4.69) is 29.9 Å². The van der Waals surface area contributed by atoms with E-state index in [0.717, 1.165) is 5.82 Å². The van der Waals surface area contributed by atoms with Crippen molar-refractivity contribution in [2.45, 2.75) is 19.8 Å². The van der Waals surface area contributed by atoms with Gasteiger partial charge in [0.1, 0.15) is 5.82 Å². The number of nitrogens with zero attached hydrogens (tertiary/aromatic N) is 2. The van der Waals surface area contributed by atoms with Crippen LogP contribution in [0.4, 0.5) is 0 Å². The zero-order valence-electron chi connectivity index (χ0n) is 6.07. The van der Waals surface area contributed by atoms with Gasteiger partial charge in [-0.05, 0) is 0 Å². The van der Waals surface area contributed by atoms with E-state index in [1.54, 1.807) is 12.4 Å². The summed E-state index contributed by atoms with van der Waals surface area (Å²) in [6, 6.07) is 2.77. The first-order valence-corrected chi connectivity index (χ1v) is 2.98. The molecule has 0 aromatic carbocycles. The molecule has 0 aliphatic rings. The molecule has 53 valence electrons. The van der Waals surface area contributed by atoms with Crippen molar-refractivity contribution in [3.8, 4) is 0 Å². The molecule has 0 N–H and O–H groups in total. The van der Waals surface area contributed by atoms with Crippen LogP contribution in [-0.4, -0.2) is 9.97 Å². The van der Waals surface area contributed by atoms with Gasteiger partial charge in [0, 0.05) is 24.5 Å². The molecule has 0 spiro atoms. The van der Waals surface area contributed by atoms with Crippen molar-refractivity contribution in [3.63, 3.8) is 0 Å². The van der Waals surface area contributed by atoms with Gasteiger partial charge in [-0.15, -0.1) is 12.4 Å². The van der Waals surface area contributed by atoms with Crippen LogP contribution in [0.2, 0.25) is 0 Å². The van der Waals surface area contributed by atoms with Crippen LogP contribution >= 0.6 is 0 Å². The third-order valence-electron chi connectivity index (χ3n) is 1.06. The van der Waals surface area contributed by atoms with Crippen molar-refractivity contribution in [2.24, 2.45) is 0 Å². The molecule has 0 aliphatic heterocycles. The van der Waals surface area contributed by atoms with E-state index in [-0.39, 0.29) is 18.6 Å². The zero-order chi connectivity index (χ0) is 6.69. The molecule has 1 rings (SSSR count). The first-order chi connectivity index (χ1) is 4.30. The van der Waals surface area contributed by atoms with Gasteiger partial charge in [-0.2, -0.15) is 0 Å². The fourth-order valence-corrected chi connectivity index (χ4v) is 0.572. The summed E-state index contributed by atoms with van der Waals surface area (Å²) in [4.78, 5) is 8.02. The Hall–Kier alpha value is -0.336. The van der Waals surface area contributed by atoms with Crippen LogP contribution in [0.15, 0.2) is 12.4 Å². The SMILES string of the molecule is CC(C)c1nc[c-]cn1.[V]. The van der Waals surface area contributed by atoms with E-state index in [4.69, 9.17) is 0 Å². The summed E-state index contributed by atoms with van der Waals surface area (Å²) in [5.74, 6) is 1.30. The maximum absolute atomic E-state index is 4.01. The van der Waals surface area contributed by atoms with Gasteiger partial charge in [-0.25, -0.2) is 0 Å². The fourth-order valence-electron chi connectivity index (χ4n) is 0.572. The van der Waals surface area contributed by atoms with Crippen LogP contribution in [-0.2, 0) is 18.6 Å². The smallest absolute Gasteiger partial charge is 0.124 e. The van der Waals surface area contributed by atoms with Gasteiger partial charge >= 0.3 is 0 Å². The second-order valence-corrected chi connectivity index (χ2v) is 2.20. The molecule has 0 saturated heterocycles. The van der Waals surface area contributed by atoms with E-state index >= 15 is 0 Å². The number of hydrogen-bond acceptors (Lipinski definition) is 2. The predicted molar refractivity (Wildman–Crippen MR) is 35.0 cm³/mol.